The summed E-state index contributed by atoms with van der Waals surface area (Å²) in [4.78, 5) is 19.2. The molecule has 3 heterocycles. The van der Waals surface area contributed by atoms with E-state index in [0.717, 1.165) is 30.8 Å². The molecule has 1 aliphatic rings. The Bertz CT molecular complexity index is 991. The molecule has 1 aliphatic heterocycles. The van der Waals surface area contributed by atoms with Gasteiger partial charge in [0.1, 0.15) is 5.82 Å². The molecule has 0 spiro atoms. The minimum absolute atomic E-state index is 0.250. The van der Waals surface area contributed by atoms with Gasteiger partial charge in [-0.25, -0.2) is 10.1 Å². The van der Waals surface area contributed by atoms with Gasteiger partial charge in [0.05, 0.1) is 12.0 Å². The number of benzene rings is 1. The predicted octanol–water partition coefficient (Wildman–Crippen LogP) is 4.01. The lowest BCUT2D eigenvalue weighted by Gasteiger charge is -2.27. The molecule has 3 atom stereocenters. The van der Waals surface area contributed by atoms with Crippen LogP contribution in [0.25, 0.3) is 0 Å². The van der Waals surface area contributed by atoms with E-state index in [9.17, 15) is 9.90 Å². The number of carboxylic acids is 1. The van der Waals surface area contributed by atoms with Gasteiger partial charge in [0.25, 0.3) is 0 Å². The highest BCUT2D eigenvalue weighted by atomic mass is 16.4. The van der Waals surface area contributed by atoms with Crippen LogP contribution < -0.4 is 4.90 Å². The number of tetrazole rings is 1. The quantitative estimate of drug-likeness (QED) is 0.524. The number of H-pyrrole nitrogens is 1. The fourth-order valence-electron chi connectivity index (χ4n) is 4.72. The minimum Gasteiger partial charge on any atom is -0.481 e. The van der Waals surface area contributed by atoms with Crippen LogP contribution >= 0.6 is 0 Å². The van der Waals surface area contributed by atoms with E-state index in [1.165, 1.54) is 5.56 Å². The predicted molar refractivity (Wildman–Crippen MR) is 121 cm³/mol. The van der Waals surface area contributed by atoms with E-state index in [0.29, 0.717) is 24.7 Å². The van der Waals surface area contributed by atoms with Crippen molar-refractivity contribution in [1.29, 1.82) is 0 Å². The molecule has 8 heteroatoms. The number of rotatable bonds is 9. The first-order valence-corrected chi connectivity index (χ1v) is 11.3. The molecule has 1 saturated heterocycles. The first-order chi connectivity index (χ1) is 15.5. The number of hydrogen-bond acceptors (Lipinski definition) is 6. The second-order valence-electron chi connectivity index (χ2n) is 8.96. The lowest BCUT2D eigenvalue weighted by atomic mass is 9.81. The molecular weight excluding hydrogens is 404 g/mol. The number of nitrogens with one attached hydrogen (secondary N) is 1. The van der Waals surface area contributed by atoms with Crippen molar-refractivity contribution in [1.82, 2.24) is 25.6 Å². The third-order valence-electron chi connectivity index (χ3n) is 6.24. The summed E-state index contributed by atoms with van der Waals surface area (Å²) in [6.07, 6.45) is 5.18. The third kappa shape index (κ3) is 4.95. The number of carboxylic acid groups (broad SMARTS) is 1. The van der Waals surface area contributed by atoms with Crippen LogP contribution in [0.5, 0.6) is 0 Å². The van der Waals surface area contributed by atoms with Crippen molar-refractivity contribution in [3.63, 3.8) is 0 Å². The number of nitrogens with zero attached hydrogens (tertiary/aromatic N) is 5. The fourth-order valence-corrected chi connectivity index (χ4v) is 4.72. The molecule has 0 aliphatic carbocycles. The zero-order valence-electron chi connectivity index (χ0n) is 18.6. The summed E-state index contributed by atoms with van der Waals surface area (Å²) in [5.41, 5.74) is 2.28. The molecule has 0 radical (unpaired) electrons. The molecule has 2 N–H and O–H groups in total. The van der Waals surface area contributed by atoms with Crippen molar-refractivity contribution >= 4 is 11.8 Å². The van der Waals surface area contributed by atoms with Gasteiger partial charge < -0.3 is 10.0 Å². The van der Waals surface area contributed by atoms with Crippen LogP contribution in [-0.4, -0.2) is 43.2 Å². The topological polar surface area (TPSA) is 108 Å². The number of aromatic nitrogens is 5. The maximum absolute atomic E-state index is 12.1. The lowest BCUT2D eigenvalue weighted by Crippen LogP contribution is -2.26. The van der Waals surface area contributed by atoms with Gasteiger partial charge in [-0.3, -0.25) is 4.79 Å². The maximum Gasteiger partial charge on any atom is 0.307 e. The highest BCUT2D eigenvalue weighted by molar-refractivity contribution is 5.71. The molecule has 0 amide bonds. The van der Waals surface area contributed by atoms with Gasteiger partial charge >= 0.3 is 5.97 Å². The van der Waals surface area contributed by atoms with Crippen molar-refractivity contribution in [3.05, 3.63) is 65.6 Å². The van der Waals surface area contributed by atoms with Gasteiger partial charge in [-0.2, -0.15) is 0 Å². The van der Waals surface area contributed by atoms with Crippen molar-refractivity contribution in [2.45, 2.75) is 51.5 Å². The standard InChI is InChI=1S/C24H30N6O2/c1-16(2)13-20(24(31)32)19(23-26-28-29-27-23)14-17-10-11-22(25-15-17)30-12-6-9-21(30)18-7-4-3-5-8-18/h3-5,7-8,10-11,15-16,19-21H,6,9,12-14H2,1-2H3,(H,31,32)(H,26,27,28,29)/t19-,20-,21?/m0/s1. The molecule has 2 aromatic heterocycles. The monoisotopic (exact) mass is 434 g/mol. The lowest BCUT2D eigenvalue weighted by molar-refractivity contribution is -0.143. The van der Waals surface area contributed by atoms with Crippen molar-refractivity contribution in [3.8, 4) is 0 Å². The summed E-state index contributed by atoms with van der Waals surface area (Å²) in [6.45, 7) is 5.04. The summed E-state index contributed by atoms with van der Waals surface area (Å²) in [5.74, 6) is -0.0415. The minimum atomic E-state index is -0.826. The van der Waals surface area contributed by atoms with E-state index in [-0.39, 0.29) is 11.8 Å². The van der Waals surface area contributed by atoms with Gasteiger partial charge in [0, 0.05) is 18.7 Å². The normalized spacial score (nSPS) is 18.1. The van der Waals surface area contributed by atoms with Crippen LogP contribution in [0, 0.1) is 11.8 Å². The highest BCUT2D eigenvalue weighted by Crippen LogP contribution is 2.36. The average molecular weight is 435 g/mol. The number of anilines is 1. The SMILES string of the molecule is CC(C)C[C@H](C(=O)O)[C@H](Cc1ccc(N2CCCC2c2ccccc2)nc1)c1nnn[nH]1. The zero-order chi connectivity index (χ0) is 22.5. The Labute approximate surface area is 188 Å². The van der Waals surface area contributed by atoms with Crippen molar-refractivity contribution in [2.75, 3.05) is 11.4 Å². The largest absolute Gasteiger partial charge is 0.481 e. The average Bonchev–Trinajstić information content (AvgIpc) is 3.49. The Morgan fingerprint density at radius 1 is 1.22 bits per heavy atom. The number of hydrogen-bond donors (Lipinski definition) is 2. The van der Waals surface area contributed by atoms with E-state index in [4.69, 9.17) is 4.98 Å². The van der Waals surface area contributed by atoms with Crippen LogP contribution in [0.1, 0.15) is 62.0 Å². The summed E-state index contributed by atoms with van der Waals surface area (Å²) < 4.78 is 0. The summed E-state index contributed by atoms with van der Waals surface area (Å²) in [5, 5.41) is 24.1. The van der Waals surface area contributed by atoms with Crippen LogP contribution in [-0.2, 0) is 11.2 Å². The van der Waals surface area contributed by atoms with Gasteiger partial charge in [0.2, 0.25) is 0 Å². The molecule has 1 unspecified atom stereocenters. The van der Waals surface area contributed by atoms with Crippen molar-refractivity contribution in [2.24, 2.45) is 11.8 Å². The first-order valence-electron chi connectivity index (χ1n) is 11.3. The summed E-state index contributed by atoms with van der Waals surface area (Å²) >= 11 is 0. The second kappa shape index (κ2) is 9.89. The fraction of sp³-hybridized carbons (Fsp3) is 0.458. The molecule has 3 aromatic rings. The molecule has 32 heavy (non-hydrogen) atoms. The van der Waals surface area contributed by atoms with Crippen LogP contribution in [0.3, 0.4) is 0 Å². The van der Waals surface area contributed by atoms with Gasteiger partial charge in [-0.05, 0) is 59.2 Å². The molecule has 1 aromatic carbocycles. The van der Waals surface area contributed by atoms with Crippen molar-refractivity contribution < 1.29 is 9.90 Å². The molecular formula is C24H30N6O2. The maximum atomic E-state index is 12.1. The van der Waals surface area contributed by atoms with E-state index < -0.39 is 11.9 Å². The van der Waals surface area contributed by atoms with E-state index in [1.807, 2.05) is 38.2 Å². The number of aromatic amines is 1. The zero-order valence-corrected chi connectivity index (χ0v) is 18.6. The van der Waals surface area contributed by atoms with Gasteiger partial charge in [-0.1, -0.05) is 50.2 Å². The Morgan fingerprint density at radius 3 is 2.66 bits per heavy atom. The number of pyridine rings is 1. The van der Waals surface area contributed by atoms with Gasteiger partial charge in [-0.15, -0.1) is 5.10 Å². The second-order valence-corrected chi connectivity index (χ2v) is 8.96. The van der Waals surface area contributed by atoms with Crippen LogP contribution in [0.4, 0.5) is 5.82 Å². The number of carbonyl (C=O) groups is 1. The molecule has 168 valence electrons. The van der Waals surface area contributed by atoms with E-state index in [1.54, 1.807) is 0 Å². The Hall–Kier alpha value is -3.29. The van der Waals surface area contributed by atoms with Crippen LogP contribution in [0.2, 0.25) is 0 Å². The smallest absolute Gasteiger partial charge is 0.307 e. The molecule has 0 bridgehead atoms. The third-order valence-corrected chi connectivity index (χ3v) is 6.24. The summed E-state index contributed by atoms with van der Waals surface area (Å²) in [6, 6.07) is 15.0. The molecule has 1 fully saturated rings. The van der Waals surface area contributed by atoms with Gasteiger partial charge in [0.15, 0.2) is 5.82 Å². The Balaban J connectivity index is 1.54. The Morgan fingerprint density at radius 2 is 2.03 bits per heavy atom. The molecule has 8 nitrogen and oxygen atoms in total. The summed E-state index contributed by atoms with van der Waals surface area (Å²) in [7, 11) is 0. The molecule has 4 rings (SSSR count). The first kappa shape index (κ1) is 21.9. The number of aliphatic carboxylic acids is 1. The molecule has 0 saturated carbocycles. The van der Waals surface area contributed by atoms with Crippen LogP contribution in [0.15, 0.2) is 48.7 Å². The van der Waals surface area contributed by atoms with E-state index >= 15 is 0 Å². The highest BCUT2D eigenvalue weighted by Gasteiger charge is 2.33. The Kier molecular flexibility index (Phi) is 6.78. The van der Waals surface area contributed by atoms with E-state index in [2.05, 4.69) is 49.8 Å².